The Morgan fingerprint density at radius 2 is 2.33 bits per heavy atom. The molecule has 0 aromatic rings. The fraction of sp³-hybridized carbons (Fsp3) is 0.600. The summed E-state index contributed by atoms with van der Waals surface area (Å²) in [4.78, 5) is 23.8. The molecule has 0 spiro atoms. The van der Waals surface area contributed by atoms with Crippen LogP contribution in [0, 0.1) is 0 Å². The van der Waals surface area contributed by atoms with E-state index < -0.39 is 12.0 Å². The number of urea groups is 1. The number of nitrogens with one attached hydrogen (secondary N) is 1. The summed E-state index contributed by atoms with van der Waals surface area (Å²) in [5.41, 5.74) is 0. The zero-order valence-corrected chi connectivity index (χ0v) is 8.77. The predicted molar refractivity (Wildman–Crippen MR) is 55.6 cm³/mol. The lowest BCUT2D eigenvalue weighted by Crippen LogP contribution is -2.48. The molecule has 2 amide bonds. The molecule has 0 saturated carbocycles. The average Bonchev–Trinajstić information content (AvgIpc) is 2.65. The van der Waals surface area contributed by atoms with Crippen LogP contribution in [-0.4, -0.2) is 40.6 Å². The normalized spacial score (nSPS) is 22.2. The van der Waals surface area contributed by atoms with Crippen LogP contribution in [0.3, 0.4) is 0 Å². The summed E-state index contributed by atoms with van der Waals surface area (Å²) in [6, 6.07) is -1.15. The molecule has 0 bridgehead atoms. The van der Waals surface area contributed by atoms with Crippen molar-refractivity contribution in [2.75, 3.05) is 6.54 Å². The van der Waals surface area contributed by atoms with Gasteiger partial charge in [0.15, 0.2) is 0 Å². The SMILES string of the molecule is C=CC(C)NC(=O)N1CCC[C@H]1C(=O)O. The van der Waals surface area contributed by atoms with Gasteiger partial charge < -0.3 is 15.3 Å². The van der Waals surface area contributed by atoms with Gasteiger partial charge in [0, 0.05) is 12.6 Å². The van der Waals surface area contributed by atoms with Crippen LogP contribution < -0.4 is 5.32 Å². The van der Waals surface area contributed by atoms with Crippen LogP contribution in [0.2, 0.25) is 0 Å². The average molecular weight is 212 g/mol. The van der Waals surface area contributed by atoms with Crippen LogP contribution in [-0.2, 0) is 4.79 Å². The largest absolute Gasteiger partial charge is 0.480 e. The first kappa shape index (κ1) is 11.6. The number of carboxylic acids is 1. The van der Waals surface area contributed by atoms with Crippen LogP contribution in [0.25, 0.3) is 0 Å². The van der Waals surface area contributed by atoms with Gasteiger partial charge >= 0.3 is 12.0 Å². The fourth-order valence-corrected chi connectivity index (χ4v) is 1.60. The Balaban J connectivity index is 2.58. The molecule has 1 unspecified atom stereocenters. The Hall–Kier alpha value is -1.52. The van der Waals surface area contributed by atoms with Gasteiger partial charge in [-0.2, -0.15) is 0 Å². The second-order valence-electron chi connectivity index (χ2n) is 3.66. The second-order valence-corrected chi connectivity index (χ2v) is 3.66. The van der Waals surface area contributed by atoms with E-state index in [1.54, 1.807) is 13.0 Å². The van der Waals surface area contributed by atoms with E-state index in [-0.39, 0.29) is 12.1 Å². The molecule has 1 aliphatic heterocycles. The minimum absolute atomic E-state index is 0.146. The molecule has 5 heteroatoms. The van der Waals surface area contributed by atoms with Gasteiger partial charge in [0.1, 0.15) is 6.04 Å². The molecule has 1 aliphatic rings. The van der Waals surface area contributed by atoms with Gasteiger partial charge in [-0.1, -0.05) is 6.08 Å². The quantitative estimate of drug-likeness (QED) is 0.680. The van der Waals surface area contributed by atoms with Crippen molar-refractivity contribution in [3.63, 3.8) is 0 Å². The maximum atomic E-state index is 11.6. The lowest BCUT2D eigenvalue weighted by atomic mass is 10.2. The predicted octanol–water partition coefficient (Wildman–Crippen LogP) is 0.819. The third-order valence-corrected chi connectivity index (χ3v) is 2.50. The first-order valence-corrected chi connectivity index (χ1v) is 4.98. The molecule has 1 fully saturated rings. The lowest BCUT2D eigenvalue weighted by molar-refractivity contribution is -0.141. The molecule has 84 valence electrons. The minimum Gasteiger partial charge on any atom is -0.480 e. The van der Waals surface area contributed by atoms with Crippen molar-refractivity contribution in [2.45, 2.75) is 31.8 Å². The Morgan fingerprint density at radius 3 is 2.87 bits per heavy atom. The summed E-state index contributed by atoms with van der Waals surface area (Å²) in [6.07, 6.45) is 2.88. The highest BCUT2D eigenvalue weighted by Crippen LogP contribution is 2.17. The molecule has 5 nitrogen and oxygen atoms in total. The number of nitrogens with zero attached hydrogens (tertiary/aromatic N) is 1. The summed E-state index contributed by atoms with van der Waals surface area (Å²) in [7, 11) is 0. The first-order valence-electron chi connectivity index (χ1n) is 4.98. The molecule has 0 radical (unpaired) electrons. The number of likely N-dealkylation sites (tertiary alicyclic amines) is 1. The monoisotopic (exact) mass is 212 g/mol. The molecule has 1 rings (SSSR count). The van der Waals surface area contributed by atoms with Gasteiger partial charge in [0.05, 0.1) is 0 Å². The van der Waals surface area contributed by atoms with E-state index in [0.717, 1.165) is 6.42 Å². The number of amides is 2. The van der Waals surface area contributed by atoms with E-state index in [1.165, 1.54) is 4.90 Å². The highest BCUT2D eigenvalue weighted by molar-refractivity contribution is 5.83. The zero-order chi connectivity index (χ0) is 11.4. The van der Waals surface area contributed by atoms with Crippen molar-refractivity contribution >= 4 is 12.0 Å². The van der Waals surface area contributed by atoms with Gasteiger partial charge in [-0.25, -0.2) is 9.59 Å². The smallest absolute Gasteiger partial charge is 0.326 e. The van der Waals surface area contributed by atoms with E-state index in [9.17, 15) is 9.59 Å². The summed E-state index contributed by atoms with van der Waals surface area (Å²) < 4.78 is 0. The van der Waals surface area contributed by atoms with E-state index in [4.69, 9.17) is 5.11 Å². The highest BCUT2D eigenvalue weighted by Gasteiger charge is 2.33. The minimum atomic E-state index is -0.936. The topological polar surface area (TPSA) is 69.6 Å². The molecular weight excluding hydrogens is 196 g/mol. The molecule has 0 aromatic heterocycles. The summed E-state index contributed by atoms with van der Waals surface area (Å²) in [5.74, 6) is -0.936. The Labute approximate surface area is 88.8 Å². The van der Waals surface area contributed by atoms with Crippen molar-refractivity contribution in [1.29, 1.82) is 0 Å². The standard InChI is InChI=1S/C10H16N2O3/c1-3-7(2)11-10(15)12-6-4-5-8(12)9(13)14/h3,7-8H,1,4-6H2,2H3,(H,11,15)(H,13,14)/t7?,8-/m0/s1. The molecule has 1 heterocycles. The highest BCUT2D eigenvalue weighted by atomic mass is 16.4. The van der Waals surface area contributed by atoms with Crippen LogP contribution >= 0.6 is 0 Å². The van der Waals surface area contributed by atoms with Crippen LogP contribution in [0.4, 0.5) is 4.79 Å². The third-order valence-electron chi connectivity index (χ3n) is 2.50. The summed E-state index contributed by atoms with van der Waals surface area (Å²) >= 11 is 0. The van der Waals surface area contributed by atoms with Gasteiger partial charge in [-0.15, -0.1) is 6.58 Å². The number of carbonyl (C=O) groups excluding carboxylic acids is 1. The van der Waals surface area contributed by atoms with E-state index >= 15 is 0 Å². The maximum absolute atomic E-state index is 11.6. The van der Waals surface area contributed by atoms with Gasteiger partial charge in [0.25, 0.3) is 0 Å². The van der Waals surface area contributed by atoms with Crippen molar-refractivity contribution in [3.8, 4) is 0 Å². The third kappa shape index (κ3) is 2.71. The zero-order valence-electron chi connectivity index (χ0n) is 8.77. The number of rotatable bonds is 3. The lowest BCUT2D eigenvalue weighted by Gasteiger charge is -2.23. The first-order chi connectivity index (χ1) is 7.06. The molecule has 2 N–H and O–H groups in total. The Bertz CT molecular complexity index is 278. The number of aliphatic carboxylic acids is 1. The molecule has 0 aliphatic carbocycles. The van der Waals surface area contributed by atoms with Gasteiger partial charge in [0.2, 0.25) is 0 Å². The number of hydrogen-bond donors (Lipinski definition) is 2. The number of carbonyl (C=O) groups is 2. The van der Waals surface area contributed by atoms with Crippen molar-refractivity contribution < 1.29 is 14.7 Å². The number of carboxylic acid groups (broad SMARTS) is 1. The maximum Gasteiger partial charge on any atom is 0.326 e. The fourth-order valence-electron chi connectivity index (χ4n) is 1.60. The molecule has 15 heavy (non-hydrogen) atoms. The second kappa shape index (κ2) is 4.82. The van der Waals surface area contributed by atoms with Crippen molar-refractivity contribution in [3.05, 3.63) is 12.7 Å². The van der Waals surface area contributed by atoms with E-state index in [0.29, 0.717) is 13.0 Å². The van der Waals surface area contributed by atoms with Crippen LogP contribution in [0.5, 0.6) is 0 Å². The molecule has 0 aromatic carbocycles. The molecular formula is C10H16N2O3. The molecule has 1 saturated heterocycles. The van der Waals surface area contributed by atoms with Gasteiger partial charge in [-0.3, -0.25) is 0 Å². The van der Waals surface area contributed by atoms with E-state index in [1.807, 2.05) is 0 Å². The van der Waals surface area contributed by atoms with Crippen LogP contribution in [0.1, 0.15) is 19.8 Å². The van der Waals surface area contributed by atoms with Crippen LogP contribution in [0.15, 0.2) is 12.7 Å². The summed E-state index contributed by atoms with van der Waals surface area (Å²) in [6.45, 7) is 5.84. The number of hydrogen-bond acceptors (Lipinski definition) is 2. The Morgan fingerprint density at radius 1 is 1.67 bits per heavy atom. The Kier molecular flexibility index (Phi) is 3.71. The molecule has 2 atom stereocenters. The van der Waals surface area contributed by atoms with Gasteiger partial charge in [-0.05, 0) is 19.8 Å². The van der Waals surface area contributed by atoms with Crippen molar-refractivity contribution in [2.24, 2.45) is 0 Å². The van der Waals surface area contributed by atoms with E-state index in [2.05, 4.69) is 11.9 Å². The summed E-state index contributed by atoms with van der Waals surface area (Å²) in [5, 5.41) is 11.5. The van der Waals surface area contributed by atoms with Crippen molar-refractivity contribution in [1.82, 2.24) is 10.2 Å².